The van der Waals surface area contributed by atoms with Gasteiger partial charge in [0.2, 0.25) is 0 Å². The Labute approximate surface area is 174 Å². The normalized spacial score (nSPS) is 23.4. The topological polar surface area (TPSA) is 49.7 Å². The maximum Gasteiger partial charge on any atom is 0.164 e. The highest BCUT2D eigenvalue weighted by Crippen LogP contribution is 2.37. The maximum atomic E-state index is 14.6. The molecule has 0 radical (unpaired) electrons. The molecule has 4 rings (SSSR count). The molecule has 1 fully saturated rings. The zero-order valence-electron chi connectivity index (χ0n) is 14.0. The number of amidine groups is 1. The van der Waals surface area contributed by atoms with E-state index in [1.807, 2.05) is 24.3 Å². The van der Waals surface area contributed by atoms with Crippen LogP contribution in [0.25, 0.3) is 0 Å². The van der Waals surface area contributed by atoms with E-state index in [2.05, 4.69) is 20.9 Å². The first-order valence-electron chi connectivity index (χ1n) is 8.22. The molecule has 2 aromatic rings. The van der Waals surface area contributed by atoms with Crippen LogP contribution < -0.4 is 4.90 Å². The molecule has 0 amide bonds. The molecule has 0 aromatic heterocycles. The number of hydrogen-bond acceptors (Lipinski definition) is 5. The number of halogens is 3. The minimum atomic E-state index is -3.17. The van der Waals surface area contributed by atoms with Gasteiger partial charge >= 0.3 is 0 Å². The molecule has 2 aromatic carbocycles. The van der Waals surface area contributed by atoms with Crippen molar-refractivity contribution in [3.05, 3.63) is 63.3 Å². The molecule has 0 bridgehead atoms. The molecule has 2 aliphatic rings. The van der Waals surface area contributed by atoms with E-state index in [4.69, 9.17) is 11.6 Å². The zero-order valence-corrected chi connectivity index (χ0v) is 18.0. The highest BCUT2D eigenvalue weighted by atomic mass is 79.9. The van der Waals surface area contributed by atoms with Gasteiger partial charge in [0, 0.05) is 15.2 Å². The largest absolute Gasteiger partial charge is 0.312 e. The van der Waals surface area contributed by atoms with Gasteiger partial charge in [-0.3, -0.25) is 4.99 Å². The maximum absolute atomic E-state index is 14.6. The Morgan fingerprint density at radius 1 is 1.22 bits per heavy atom. The number of aliphatic imine (C=N–C) groups is 1. The smallest absolute Gasteiger partial charge is 0.164 e. The van der Waals surface area contributed by atoms with Crippen molar-refractivity contribution in [3.8, 4) is 0 Å². The van der Waals surface area contributed by atoms with E-state index in [0.717, 1.165) is 5.56 Å². The summed E-state index contributed by atoms with van der Waals surface area (Å²) in [5.41, 5.74) is 1.41. The molecule has 2 aliphatic heterocycles. The van der Waals surface area contributed by atoms with E-state index in [0.29, 0.717) is 26.1 Å². The summed E-state index contributed by atoms with van der Waals surface area (Å²) in [6, 6.07) is 11.6. The van der Waals surface area contributed by atoms with Crippen molar-refractivity contribution < 1.29 is 12.8 Å². The molecule has 0 aliphatic carbocycles. The van der Waals surface area contributed by atoms with Gasteiger partial charge in [0.25, 0.3) is 0 Å². The second kappa shape index (κ2) is 7.39. The van der Waals surface area contributed by atoms with Crippen molar-refractivity contribution >= 4 is 60.0 Å². The fourth-order valence-electron chi connectivity index (χ4n) is 3.32. The minimum Gasteiger partial charge on any atom is -0.312 e. The van der Waals surface area contributed by atoms with Crippen LogP contribution in [0.5, 0.6) is 0 Å². The van der Waals surface area contributed by atoms with Crippen molar-refractivity contribution in [1.29, 1.82) is 0 Å². The molecular weight excluding hydrogens is 475 g/mol. The Morgan fingerprint density at radius 2 is 1.96 bits per heavy atom. The highest BCUT2D eigenvalue weighted by Gasteiger charge is 2.47. The summed E-state index contributed by atoms with van der Waals surface area (Å²) < 4.78 is 39.4. The van der Waals surface area contributed by atoms with E-state index in [1.54, 1.807) is 17.0 Å². The Morgan fingerprint density at radius 3 is 2.67 bits per heavy atom. The molecule has 2 heterocycles. The monoisotopic (exact) mass is 488 g/mol. The van der Waals surface area contributed by atoms with E-state index in [1.165, 1.54) is 17.8 Å². The van der Waals surface area contributed by atoms with Gasteiger partial charge in [-0.15, -0.1) is 0 Å². The third-order valence-corrected chi connectivity index (χ3v) is 8.04. The second-order valence-electron chi connectivity index (χ2n) is 6.50. The molecule has 0 N–H and O–H groups in total. The number of sulfone groups is 1. The van der Waals surface area contributed by atoms with Crippen LogP contribution in [-0.2, 0) is 15.6 Å². The summed E-state index contributed by atoms with van der Waals surface area (Å²) in [7, 11) is -3.17. The summed E-state index contributed by atoms with van der Waals surface area (Å²) in [6.07, 6.45) is 0. The number of nitrogens with zero attached hydrogens (tertiary/aromatic N) is 2. The van der Waals surface area contributed by atoms with Crippen molar-refractivity contribution in [2.45, 2.75) is 17.8 Å². The van der Waals surface area contributed by atoms with Crippen molar-refractivity contribution in [3.63, 3.8) is 0 Å². The first kappa shape index (κ1) is 19.2. The minimum absolute atomic E-state index is 0.0112. The van der Waals surface area contributed by atoms with Gasteiger partial charge in [0.1, 0.15) is 5.82 Å². The summed E-state index contributed by atoms with van der Waals surface area (Å²) in [6.45, 7) is 0. The Bertz CT molecular complexity index is 1010. The van der Waals surface area contributed by atoms with Gasteiger partial charge in [-0.1, -0.05) is 51.4 Å². The molecule has 142 valence electrons. The first-order chi connectivity index (χ1) is 12.8. The van der Waals surface area contributed by atoms with E-state index < -0.39 is 15.7 Å². The lowest BCUT2D eigenvalue weighted by molar-refractivity contribution is 0.600. The fraction of sp³-hybridized carbons (Fsp3) is 0.278. The van der Waals surface area contributed by atoms with Gasteiger partial charge in [-0.05, 0) is 35.9 Å². The quantitative estimate of drug-likeness (QED) is 0.636. The van der Waals surface area contributed by atoms with Gasteiger partial charge in [-0.25, -0.2) is 12.8 Å². The van der Waals surface area contributed by atoms with Crippen LogP contribution in [0.2, 0.25) is 5.02 Å². The number of benzene rings is 2. The molecule has 1 saturated heterocycles. The molecular formula is C18H15BrClFN2O2S2. The molecule has 27 heavy (non-hydrogen) atoms. The van der Waals surface area contributed by atoms with Crippen LogP contribution >= 0.6 is 39.3 Å². The average molecular weight is 490 g/mol. The Hall–Kier alpha value is -1.09. The lowest BCUT2D eigenvalue weighted by Crippen LogP contribution is -2.39. The highest BCUT2D eigenvalue weighted by molar-refractivity contribution is 9.10. The Balaban J connectivity index is 1.64. The van der Waals surface area contributed by atoms with Crippen molar-refractivity contribution in [2.24, 2.45) is 4.99 Å². The van der Waals surface area contributed by atoms with Crippen molar-refractivity contribution in [2.75, 3.05) is 16.4 Å². The van der Waals surface area contributed by atoms with Gasteiger partial charge < -0.3 is 4.90 Å². The Kier molecular flexibility index (Phi) is 5.26. The zero-order chi connectivity index (χ0) is 19.2. The molecule has 0 saturated carbocycles. The number of thioether (sulfide) groups is 1. The van der Waals surface area contributed by atoms with Crippen LogP contribution in [0.4, 0.5) is 10.1 Å². The first-order valence-corrected chi connectivity index (χ1v) is 12.2. The lowest BCUT2D eigenvalue weighted by atomic mass is 10.1. The van der Waals surface area contributed by atoms with E-state index >= 15 is 0 Å². The molecule has 0 spiro atoms. The predicted molar refractivity (Wildman–Crippen MR) is 113 cm³/mol. The molecule has 4 nitrogen and oxygen atoms in total. The van der Waals surface area contributed by atoms with Crippen LogP contribution in [0.3, 0.4) is 0 Å². The van der Waals surface area contributed by atoms with Gasteiger partial charge in [0.15, 0.2) is 15.0 Å². The predicted octanol–water partition coefficient (Wildman–Crippen LogP) is 4.52. The average Bonchev–Trinajstić information content (AvgIpc) is 3.06. The number of hydrogen-bond donors (Lipinski definition) is 0. The summed E-state index contributed by atoms with van der Waals surface area (Å²) in [4.78, 5) is 6.37. The van der Waals surface area contributed by atoms with E-state index in [9.17, 15) is 12.8 Å². The lowest BCUT2D eigenvalue weighted by Gasteiger charge is -2.27. The van der Waals surface area contributed by atoms with Crippen LogP contribution in [0.1, 0.15) is 5.56 Å². The van der Waals surface area contributed by atoms with Crippen LogP contribution in [-0.4, -0.2) is 37.2 Å². The summed E-state index contributed by atoms with van der Waals surface area (Å²) >= 11 is 10.7. The summed E-state index contributed by atoms with van der Waals surface area (Å²) in [5, 5.41) is 1.32. The third kappa shape index (κ3) is 4.04. The second-order valence-corrected chi connectivity index (χ2v) is 11.0. The fourth-order valence-corrected chi connectivity index (χ4v) is 6.69. The number of anilines is 1. The standard InChI is InChI=1S/C18H15BrClFN2O2S2/c19-12-3-6-16(14(21)7-12)23-17-10-27(24,25)9-15(17)22-18(23)26-8-11-1-4-13(20)5-2-11/h1-7,15,17H,8-10H2/t15-,17-/m1/s1. The number of fused-ring (bicyclic) bond motifs is 1. The van der Waals surface area contributed by atoms with Gasteiger partial charge in [-0.2, -0.15) is 0 Å². The van der Waals surface area contributed by atoms with E-state index in [-0.39, 0.29) is 23.6 Å². The number of rotatable bonds is 3. The molecule has 2 atom stereocenters. The molecule has 0 unspecified atom stereocenters. The van der Waals surface area contributed by atoms with Crippen LogP contribution in [0.15, 0.2) is 51.9 Å². The summed E-state index contributed by atoms with van der Waals surface area (Å²) in [5.74, 6) is 0.227. The van der Waals surface area contributed by atoms with Crippen LogP contribution in [0, 0.1) is 5.82 Å². The molecule has 9 heteroatoms. The SMILES string of the molecule is O=S1(=O)C[C@@H]2[C@@H](C1)N=C(SCc1ccc(Cl)cc1)N2c1ccc(Br)cc1F. The third-order valence-electron chi connectivity index (χ3n) is 4.56. The van der Waals surface area contributed by atoms with Gasteiger partial charge in [0.05, 0.1) is 29.3 Å². The van der Waals surface area contributed by atoms with Crippen molar-refractivity contribution in [1.82, 2.24) is 0 Å².